The van der Waals surface area contributed by atoms with Crippen molar-refractivity contribution in [2.24, 2.45) is 0 Å². The lowest BCUT2D eigenvalue weighted by Gasteiger charge is -2.32. The van der Waals surface area contributed by atoms with Crippen LogP contribution in [-0.4, -0.2) is 57.6 Å². The molecule has 1 aliphatic rings. The summed E-state index contributed by atoms with van der Waals surface area (Å²) >= 11 is 0. The molecule has 2 heterocycles. The molecule has 0 unspecified atom stereocenters. The second kappa shape index (κ2) is 10.3. The van der Waals surface area contributed by atoms with Crippen molar-refractivity contribution < 1.29 is 24.0 Å². The Hall–Kier alpha value is -4.31. The van der Waals surface area contributed by atoms with Gasteiger partial charge in [0.05, 0.1) is 18.7 Å². The Labute approximate surface area is 189 Å². The molecule has 0 radical (unpaired) electrons. The molecule has 10 nitrogen and oxygen atoms in total. The summed E-state index contributed by atoms with van der Waals surface area (Å²) < 4.78 is 5.05. The molecule has 2 amide bonds. The van der Waals surface area contributed by atoms with E-state index in [0.717, 1.165) is 11.1 Å². The zero-order valence-electron chi connectivity index (χ0n) is 17.6. The van der Waals surface area contributed by atoms with E-state index >= 15 is 0 Å². The number of nitrogens with zero attached hydrogens (tertiary/aromatic N) is 4. The van der Waals surface area contributed by atoms with E-state index in [9.17, 15) is 14.4 Å². The first-order chi connectivity index (χ1) is 16.1. The fourth-order valence-electron chi connectivity index (χ4n) is 3.06. The third-order valence-electron chi connectivity index (χ3n) is 4.77. The Bertz CT molecular complexity index is 1110. The maximum atomic E-state index is 12.5. The lowest BCUT2D eigenvalue weighted by molar-refractivity contribution is -0.171. The van der Waals surface area contributed by atoms with Gasteiger partial charge in [-0.15, -0.1) is 5.06 Å². The fourth-order valence-corrected chi connectivity index (χ4v) is 3.06. The van der Waals surface area contributed by atoms with Gasteiger partial charge >= 0.3 is 6.16 Å². The Kier molecular flexibility index (Phi) is 6.86. The van der Waals surface area contributed by atoms with E-state index in [2.05, 4.69) is 15.4 Å². The third-order valence-corrected chi connectivity index (χ3v) is 4.77. The van der Waals surface area contributed by atoms with Gasteiger partial charge in [-0.05, 0) is 5.56 Å². The van der Waals surface area contributed by atoms with E-state index in [1.54, 1.807) is 0 Å². The van der Waals surface area contributed by atoms with Gasteiger partial charge in [0.15, 0.2) is 5.82 Å². The molecule has 3 aromatic rings. The first-order valence-electron chi connectivity index (χ1n) is 10.2. The SMILES string of the molecule is O=C(OCc1ccccc1)ON1CCN(NC(=O)c2cnc(-c3ccccc3)nc2)C(=O)C1. The number of nitrogens with one attached hydrogen (secondary N) is 1. The highest BCUT2D eigenvalue weighted by molar-refractivity contribution is 5.95. The smallest absolute Gasteiger partial charge is 0.428 e. The molecule has 1 aromatic heterocycles. The molecule has 2 aromatic carbocycles. The standard InChI is InChI=1S/C23H21N5O5/c29-20-15-27(33-23(31)32-16-17-7-3-1-4-8-17)11-12-28(20)26-22(30)19-13-24-21(25-14-19)18-9-5-2-6-10-18/h1-10,13-14H,11-12,15-16H2,(H,26,30). The average Bonchev–Trinajstić information content (AvgIpc) is 2.86. The van der Waals surface area contributed by atoms with Crippen molar-refractivity contribution in [3.8, 4) is 11.4 Å². The van der Waals surface area contributed by atoms with Gasteiger partial charge in [-0.2, -0.15) is 0 Å². The monoisotopic (exact) mass is 447 g/mol. The zero-order valence-corrected chi connectivity index (χ0v) is 17.6. The molecule has 1 aliphatic heterocycles. The van der Waals surface area contributed by atoms with E-state index in [1.165, 1.54) is 22.5 Å². The molecule has 1 fully saturated rings. The largest absolute Gasteiger partial charge is 0.528 e. The Morgan fingerprint density at radius 3 is 2.27 bits per heavy atom. The van der Waals surface area contributed by atoms with Gasteiger partial charge in [-0.1, -0.05) is 60.7 Å². The van der Waals surface area contributed by atoms with E-state index < -0.39 is 18.0 Å². The van der Waals surface area contributed by atoms with E-state index in [0.29, 0.717) is 5.82 Å². The van der Waals surface area contributed by atoms with Crippen molar-refractivity contribution >= 4 is 18.0 Å². The summed E-state index contributed by atoms with van der Waals surface area (Å²) in [5, 5.41) is 2.36. The van der Waals surface area contributed by atoms with Crippen LogP contribution < -0.4 is 5.43 Å². The number of benzene rings is 2. The molecule has 33 heavy (non-hydrogen) atoms. The number of rotatable bonds is 6. The number of hydroxylamine groups is 2. The first-order valence-corrected chi connectivity index (χ1v) is 10.2. The predicted molar refractivity (Wildman–Crippen MR) is 116 cm³/mol. The number of aromatic nitrogens is 2. The zero-order chi connectivity index (χ0) is 23.0. The average molecular weight is 447 g/mol. The van der Waals surface area contributed by atoms with Crippen molar-refractivity contribution in [1.29, 1.82) is 0 Å². The summed E-state index contributed by atoms with van der Waals surface area (Å²) in [6.07, 6.45) is 1.90. The van der Waals surface area contributed by atoms with Gasteiger partial charge in [0.1, 0.15) is 13.2 Å². The maximum absolute atomic E-state index is 12.5. The van der Waals surface area contributed by atoms with Crippen LogP contribution in [0.2, 0.25) is 0 Å². The topological polar surface area (TPSA) is 114 Å². The molecule has 0 bridgehead atoms. The maximum Gasteiger partial charge on any atom is 0.528 e. The van der Waals surface area contributed by atoms with Crippen molar-refractivity contribution in [2.75, 3.05) is 19.6 Å². The van der Waals surface area contributed by atoms with Gasteiger partial charge in [-0.25, -0.2) is 14.8 Å². The minimum atomic E-state index is -0.903. The highest BCUT2D eigenvalue weighted by Crippen LogP contribution is 2.13. The van der Waals surface area contributed by atoms with Gasteiger partial charge in [-0.3, -0.25) is 20.0 Å². The van der Waals surface area contributed by atoms with Crippen molar-refractivity contribution in [3.05, 3.63) is 84.2 Å². The molecular weight excluding hydrogens is 426 g/mol. The van der Waals surface area contributed by atoms with Crippen LogP contribution in [0.5, 0.6) is 0 Å². The third kappa shape index (κ3) is 5.89. The van der Waals surface area contributed by atoms with Crippen LogP contribution in [0.25, 0.3) is 11.4 Å². The van der Waals surface area contributed by atoms with Crippen LogP contribution in [0.15, 0.2) is 73.1 Å². The second-order valence-electron chi connectivity index (χ2n) is 7.13. The van der Waals surface area contributed by atoms with Crippen molar-refractivity contribution in [2.45, 2.75) is 6.61 Å². The number of ether oxygens (including phenoxy) is 1. The minimum Gasteiger partial charge on any atom is -0.428 e. The lowest BCUT2D eigenvalue weighted by Crippen LogP contribution is -2.57. The second-order valence-corrected chi connectivity index (χ2v) is 7.13. The Morgan fingerprint density at radius 2 is 1.61 bits per heavy atom. The number of carbonyl (C=O) groups is 3. The number of hydrogen-bond acceptors (Lipinski definition) is 8. The molecule has 0 spiro atoms. The molecule has 1 N–H and O–H groups in total. The molecule has 1 saturated heterocycles. The summed E-state index contributed by atoms with van der Waals surface area (Å²) in [7, 11) is 0. The van der Waals surface area contributed by atoms with E-state index in [4.69, 9.17) is 9.57 Å². The summed E-state index contributed by atoms with van der Waals surface area (Å²) in [4.78, 5) is 50.2. The van der Waals surface area contributed by atoms with Gasteiger partial charge < -0.3 is 9.57 Å². The molecule has 0 saturated carbocycles. The predicted octanol–water partition coefficient (Wildman–Crippen LogP) is 2.20. The van der Waals surface area contributed by atoms with Crippen molar-refractivity contribution in [3.63, 3.8) is 0 Å². The summed E-state index contributed by atoms with van der Waals surface area (Å²) in [5.41, 5.74) is 4.39. The summed E-state index contributed by atoms with van der Waals surface area (Å²) in [5.74, 6) is -0.458. The molecule has 4 rings (SSSR count). The van der Waals surface area contributed by atoms with Crippen LogP contribution in [0.3, 0.4) is 0 Å². The molecule has 168 valence electrons. The Balaban J connectivity index is 1.24. The number of piperazine rings is 1. The number of carbonyl (C=O) groups excluding carboxylic acids is 3. The highest BCUT2D eigenvalue weighted by atomic mass is 16.8. The lowest BCUT2D eigenvalue weighted by atomic mass is 10.2. The van der Waals surface area contributed by atoms with Crippen LogP contribution in [0.1, 0.15) is 15.9 Å². The van der Waals surface area contributed by atoms with Crippen molar-refractivity contribution in [1.82, 2.24) is 25.5 Å². The molecule has 10 heteroatoms. The molecular formula is C23H21N5O5. The number of hydrazine groups is 1. The van der Waals surface area contributed by atoms with E-state index in [-0.39, 0.29) is 31.8 Å². The van der Waals surface area contributed by atoms with Crippen LogP contribution in [0.4, 0.5) is 4.79 Å². The van der Waals surface area contributed by atoms with Crippen LogP contribution >= 0.6 is 0 Å². The van der Waals surface area contributed by atoms with E-state index in [1.807, 2.05) is 60.7 Å². The van der Waals surface area contributed by atoms with Gasteiger partial charge in [0, 0.05) is 18.0 Å². The summed E-state index contributed by atoms with van der Waals surface area (Å²) in [6.45, 7) is 0.175. The first kappa shape index (κ1) is 21.9. The normalized spacial score (nSPS) is 13.9. The Morgan fingerprint density at radius 1 is 0.939 bits per heavy atom. The van der Waals surface area contributed by atoms with Crippen LogP contribution in [-0.2, 0) is 21.0 Å². The number of hydrogen-bond donors (Lipinski definition) is 1. The van der Waals surface area contributed by atoms with Gasteiger partial charge in [0.2, 0.25) is 0 Å². The van der Waals surface area contributed by atoms with Crippen LogP contribution in [0, 0.1) is 0 Å². The summed E-state index contributed by atoms with van der Waals surface area (Å²) in [6, 6.07) is 18.5. The molecule has 0 aliphatic carbocycles. The number of amides is 2. The quantitative estimate of drug-likeness (QED) is 0.572. The fraction of sp³-hybridized carbons (Fsp3) is 0.174. The molecule has 0 atom stereocenters. The van der Waals surface area contributed by atoms with Gasteiger partial charge in [0.25, 0.3) is 11.8 Å². The minimum absolute atomic E-state index is 0.0643. The highest BCUT2D eigenvalue weighted by Gasteiger charge is 2.28.